The molecule has 1 amide bonds. The normalized spacial score (nSPS) is 15.8. The Hall–Kier alpha value is -2.83. The Labute approximate surface area is 167 Å². The maximum atomic E-state index is 12.4. The fourth-order valence-electron chi connectivity index (χ4n) is 3.31. The van der Waals surface area contributed by atoms with E-state index in [9.17, 15) is 9.90 Å². The Balaban J connectivity index is 1.46. The highest BCUT2D eigenvalue weighted by atomic mass is 35.5. The summed E-state index contributed by atoms with van der Waals surface area (Å²) in [4.78, 5) is 12.4. The van der Waals surface area contributed by atoms with Crippen molar-refractivity contribution in [3.63, 3.8) is 0 Å². The third-order valence-corrected chi connectivity index (χ3v) is 4.94. The second-order valence-electron chi connectivity index (χ2n) is 6.70. The molecule has 2 heterocycles. The first-order chi connectivity index (χ1) is 13.6. The van der Waals surface area contributed by atoms with E-state index in [1.807, 2.05) is 29.1 Å². The first-order valence-corrected chi connectivity index (χ1v) is 9.46. The van der Waals surface area contributed by atoms with Gasteiger partial charge in [0.2, 0.25) is 0 Å². The zero-order valence-corrected chi connectivity index (χ0v) is 15.9. The van der Waals surface area contributed by atoms with Gasteiger partial charge in [-0.05, 0) is 35.7 Å². The van der Waals surface area contributed by atoms with Crippen LogP contribution >= 0.6 is 11.6 Å². The summed E-state index contributed by atoms with van der Waals surface area (Å²) in [6.45, 7) is 1.52. The van der Waals surface area contributed by atoms with Crippen LogP contribution in [0.15, 0.2) is 54.7 Å². The van der Waals surface area contributed by atoms with E-state index in [1.165, 1.54) is 23.8 Å². The lowest BCUT2D eigenvalue weighted by Gasteiger charge is -2.22. The van der Waals surface area contributed by atoms with E-state index in [-0.39, 0.29) is 24.0 Å². The highest BCUT2D eigenvalue weighted by Crippen LogP contribution is 2.26. The monoisotopic (exact) mass is 397 g/mol. The Morgan fingerprint density at radius 2 is 2.11 bits per heavy atom. The van der Waals surface area contributed by atoms with Crippen LogP contribution in [0.4, 0.5) is 0 Å². The second-order valence-corrected chi connectivity index (χ2v) is 7.14. The summed E-state index contributed by atoms with van der Waals surface area (Å²) < 4.78 is 7.74. The van der Waals surface area contributed by atoms with E-state index in [0.29, 0.717) is 18.2 Å². The number of ether oxygens (including phenoxy) is 1. The topological polar surface area (TPSA) is 76.4 Å². The number of aromatic hydroxyl groups is 1. The summed E-state index contributed by atoms with van der Waals surface area (Å²) in [7, 11) is 0. The molecule has 0 saturated carbocycles. The van der Waals surface area contributed by atoms with Crippen LogP contribution in [0.3, 0.4) is 0 Å². The molecule has 28 heavy (non-hydrogen) atoms. The number of amides is 1. The number of phenolic OH excluding ortho intramolecular Hbond substituents is 1. The van der Waals surface area contributed by atoms with Crippen molar-refractivity contribution in [3.05, 3.63) is 82.1 Å². The molecular weight excluding hydrogens is 378 g/mol. The van der Waals surface area contributed by atoms with Gasteiger partial charge in [0.1, 0.15) is 11.9 Å². The predicted octanol–water partition coefficient (Wildman–Crippen LogP) is 3.33. The average Bonchev–Trinajstić information content (AvgIpc) is 3.11. The van der Waals surface area contributed by atoms with Crippen molar-refractivity contribution >= 4 is 17.5 Å². The molecule has 0 aliphatic carbocycles. The summed E-state index contributed by atoms with van der Waals surface area (Å²) in [6, 6.07) is 14.5. The molecule has 7 heteroatoms. The molecule has 144 valence electrons. The lowest BCUT2D eigenvalue weighted by Crippen LogP contribution is -2.32. The molecule has 1 aliphatic rings. The van der Waals surface area contributed by atoms with Gasteiger partial charge in [-0.15, -0.1) is 0 Å². The SMILES string of the molecule is O=C(NC[C@H]1OCCc2cn(Cc3ccccc3)nc21)c1cc(Cl)ccc1O. The fourth-order valence-corrected chi connectivity index (χ4v) is 3.48. The van der Waals surface area contributed by atoms with Crippen LogP contribution in [0.5, 0.6) is 5.75 Å². The predicted molar refractivity (Wildman–Crippen MR) is 106 cm³/mol. The molecule has 0 radical (unpaired) electrons. The average molecular weight is 398 g/mol. The quantitative estimate of drug-likeness (QED) is 0.692. The zero-order valence-electron chi connectivity index (χ0n) is 15.1. The summed E-state index contributed by atoms with van der Waals surface area (Å²) in [5.74, 6) is -0.515. The number of halogens is 1. The molecule has 0 unspecified atom stereocenters. The molecule has 1 aromatic heterocycles. The number of benzene rings is 2. The van der Waals surface area contributed by atoms with E-state index in [1.54, 1.807) is 0 Å². The van der Waals surface area contributed by atoms with Crippen molar-refractivity contribution in [2.45, 2.75) is 19.1 Å². The number of hydrogen-bond donors (Lipinski definition) is 2. The minimum Gasteiger partial charge on any atom is -0.507 e. The van der Waals surface area contributed by atoms with E-state index < -0.39 is 5.91 Å². The second kappa shape index (κ2) is 8.04. The van der Waals surface area contributed by atoms with Crippen molar-refractivity contribution in [2.75, 3.05) is 13.2 Å². The van der Waals surface area contributed by atoms with Crippen LogP contribution in [0, 0.1) is 0 Å². The van der Waals surface area contributed by atoms with Gasteiger partial charge in [-0.25, -0.2) is 0 Å². The molecular formula is C21H20ClN3O3. The standard InChI is InChI=1S/C21H20ClN3O3/c22-16-6-7-18(26)17(10-16)21(27)23-11-19-20-15(8-9-28-19)13-25(24-20)12-14-4-2-1-3-5-14/h1-7,10,13,19,26H,8-9,11-12H2,(H,23,27)/t19-/m1/s1. The number of rotatable bonds is 5. The molecule has 2 N–H and O–H groups in total. The summed E-state index contributed by atoms with van der Waals surface area (Å²) in [5, 5.41) is 17.7. The number of nitrogens with zero attached hydrogens (tertiary/aromatic N) is 2. The van der Waals surface area contributed by atoms with E-state index in [2.05, 4.69) is 22.5 Å². The summed E-state index contributed by atoms with van der Waals surface area (Å²) in [6.07, 6.45) is 2.51. The molecule has 1 aliphatic heterocycles. The van der Waals surface area contributed by atoms with Crippen molar-refractivity contribution in [1.82, 2.24) is 15.1 Å². The Bertz CT molecular complexity index is 988. The van der Waals surface area contributed by atoms with Crippen molar-refractivity contribution in [1.29, 1.82) is 0 Å². The van der Waals surface area contributed by atoms with Gasteiger partial charge in [-0.1, -0.05) is 41.9 Å². The van der Waals surface area contributed by atoms with Crippen molar-refractivity contribution in [2.24, 2.45) is 0 Å². The number of carbonyl (C=O) groups excluding carboxylic acids is 1. The maximum absolute atomic E-state index is 12.4. The maximum Gasteiger partial charge on any atom is 0.255 e. The fraction of sp³-hybridized carbons (Fsp3) is 0.238. The smallest absolute Gasteiger partial charge is 0.255 e. The third-order valence-electron chi connectivity index (χ3n) is 4.70. The first kappa shape index (κ1) is 18.5. The molecule has 3 aromatic rings. The molecule has 0 fully saturated rings. The lowest BCUT2D eigenvalue weighted by molar-refractivity contribution is 0.0383. The van der Waals surface area contributed by atoms with Crippen LogP contribution in [0.1, 0.15) is 33.3 Å². The third kappa shape index (κ3) is 4.03. The summed E-state index contributed by atoms with van der Waals surface area (Å²) >= 11 is 5.92. The number of fused-ring (bicyclic) bond motifs is 1. The van der Waals surface area contributed by atoms with Gasteiger partial charge in [0, 0.05) is 17.8 Å². The van der Waals surface area contributed by atoms with E-state index >= 15 is 0 Å². The highest BCUT2D eigenvalue weighted by Gasteiger charge is 2.25. The number of hydrogen-bond acceptors (Lipinski definition) is 4. The molecule has 6 nitrogen and oxygen atoms in total. The van der Waals surface area contributed by atoms with Crippen LogP contribution in [0.25, 0.3) is 0 Å². The van der Waals surface area contributed by atoms with Gasteiger partial charge < -0.3 is 15.2 Å². The Morgan fingerprint density at radius 3 is 2.93 bits per heavy atom. The van der Waals surface area contributed by atoms with E-state index in [4.69, 9.17) is 16.3 Å². The van der Waals surface area contributed by atoms with Gasteiger partial charge in [-0.3, -0.25) is 9.48 Å². The van der Waals surface area contributed by atoms with Gasteiger partial charge in [0.05, 0.1) is 24.4 Å². The molecule has 4 rings (SSSR count). The molecule has 1 atom stereocenters. The number of aromatic nitrogens is 2. The number of carbonyl (C=O) groups is 1. The van der Waals surface area contributed by atoms with Crippen LogP contribution < -0.4 is 5.32 Å². The lowest BCUT2D eigenvalue weighted by atomic mass is 10.1. The zero-order chi connectivity index (χ0) is 19.5. The number of phenols is 1. The van der Waals surface area contributed by atoms with Gasteiger partial charge in [0.25, 0.3) is 5.91 Å². The Kier molecular flexibility index (Phi) is 5.32. The molecule has 0 spiro atoms. The van der Waals surface area contributed by atoms with Crippen LogP contribution in [-0.4, -0.2) is 33.9 Å². The minimum absolute atomic E-state index is 0.112. The molecule has 0 bridgehead atoms. The van der Waals surface area contributed by atoms with Crippen molar-refractivity contribution in [3.8, 4) is 5.75 Å². The van der Waals surface area contributed by atoms with Crippen LogP contribution in [-0.2, 0) is 17.7 Å². The van der Waals surface area contributed by atoms with Crippen LogP contribution in [0.2, 0.25) is 5.02 Å². The van der Waals surface area contributed by atoms with Gasteiger partial charge in [0.15, 0.2) is 0 Å². The van der Waals surface area contributed by atoms with E-state index in [0.717, 1.165) is 17.7 Å². The van der Waals surface area contributed by atoms with Gasteiger partial charge >= 0.3 is 0 Å². The number of nitrogens with one attached hydrogen (secondary N) is 1. The molecule has 2 aromatic carbocycles. The van der Waals surface area contributed by atoms with Crippen molar-refractivity contribution < 1.29 is 14.6 Å². The van der Waals surface area contributed by atoms with Gasteiger partial charge in [-0.2, -0.15) is 5.10 Å². The highest BCUT2D eigenvalue weighted by molar-refractivity contribution is 6.31. The minimum atomic E-state index is -0.403. The molecule has 0 saturated heterocycles. The Morgan fingerprint density at radius 1 is 1.29 bits per heavy atom. The summed E-state index contributed by atoms with van der Waals surface area (Å²) in [5.41, 5.74) is 3.28. The first-order valence-electron chi connectivity index (χ1n) is 9.08. The largest absolute Gasteiger partial charge is 0.507 e.